The Morgan fingerprint density at radius 1 is 1.53 bits per heavy atom. The summed E-state index contributed by atoms with van der Waals surface area (Å²) in [6.45, 7) is 2.07. The Bertz CT molecular complexity index is 586. The number of hydrogen-bond donors (Lipinski definition) is 0. The number of carbonyl (C=O) groups excluding carboxylic acids is 1. The number of fused-ring (bicyclic) bond motifs is 1. The third kappa shape index (κ3) is 2.37. The predicted molar refractivity (Wildman–Crippen MR) is 75.4 cm³/mol. The number of esters is 1. The van der Waals surface area contributed by atoms with E-state index in [9.17, 15) is 4.79 Å². The van der Waals surface area contributed by atoms with E-state index in [1.807, 2.05) is 18.2 Å². The van der Waals surface area contributed by atoms with Crippen molar-refractivity contribution in [1.82, 2.24) is 4.98 Å². The minimum Gasteiger partial charge on any atom is -0.462 e. The van der Waals surface area contributed by atoms with E-state index in [1.165, 1.54) is 6.20 Å². The Kier molecular flexibility index (Phi) is 3.83. The van der Waals surface area contributed by atoms with Crippen LogP contribution >= 0.6 is 34.2 Å². The Morgan fingerprint density at radius 3 is 3.00 bits per heavy atom. The maximum atomic E-state index is 11.6. The van der Waals surface area contributed by atoms with Crippen molar-refractivity contribution in [2.45, 2.75) is 6.92 Å². The van der Waals surface area contributed by atoms with E-state index in [2.05, 4.69) is 27.6 Å². The molecule has 0 radical (unpaired) electrons. The van der Waals surface area contributed by atoms with Crippen LogP contribution in [0, 0.1) is 3.57 Å². The van der Waals surface area contributed by atoms with E-state index in [-0.39, 0.29) is 0 Å². The van der Waals surface area contributed by atoms with Crippen LogP contribution in [0.4, 0.5) is 0 Å². The Hall–Kier alpha value is -0.880. The molecule has 3 nitrogen and oxygen atoms in total. The zero-order chi connectivity index (χ0) is 12.4. The van der Waals surface area contributed by atoms with Crippen molar-refractivity contribution >= 4 is 51.1 Å². The Balaban J connectivity index is 2.62. The number of pyridine rings is 1. The summed E-state index contributed by atoms with van der Waals surface area (Å²) in [6.07, 6.45) is 1.46. The molecule has 5 heteroatoms. The van der Waals surface area contributed by atoms with Gasteiger partial charge in [-0.3, -0.25) is 4.98 Å². The molecule has 1 aromatic heterocycles. The molecule has 0 unspecified atom stereocenters. The standard InChI is InChI=1S/C12H9ClINO2/c1-2-17-12(16)8-6-15-11-7(10(8)13)4-3-5-9(11)14/h3-6H,2H2,1H3. The lowest BCUT2D eigenvalue weighted by molar-refractivity contribution is 0.0526. The van der Waals surface area contributed by atoms with E-state index in [0.717, 1.165) is 14.5 Å². The van der Waals surface area contributed by atoms with Crippen LogP contribution in [0.5, 0.6) is 0 Å². The second kappa shape index (κ2) is 5.18. The van der Waals surface area contributed by atoms with E-state index in [4.69, 9.17) is 16.3 Å². The van der Waals surface area contributed by atoms with Crippen LogP contribution in [0.25, 0.3) is 10.9 Å². The summed E-state index contributed by atoms with van der Waals surface area (Å²) in [5, 5.41) is 1.16. The summed E-state index contributed by atoms with van der Waals surface area (Å²) in [7, 11) is 0. The number of rotatable bonds is 2. The van der Waals surface area contributed by atoms with Crippen molar-refractivity contribution in [2.75, 3.05) is 6.61 Å². The molecule has 0 saturated heterocycles. The summed E-state index contributed by atoms with van der Waals surface area (Å²) >= 11 is 8.38. The van der Waals surface area contributed by atoms with Gasteiger partial charge >= 0.3 is 5.97 Å². The first kappa shape index (κ1) is 12.6. The van der Waals surface area contributed by atoms with E-state index in [0.29, 0.717) is 17.2 Å². The molecule has 88 valence electrons. The second-order valence-corrected chi connectivity index (χ2v) is 4.88. The molecule has 0 spiro atoms. The molecule has 1 heterocycles. The third-order valence-corrected chi connectivity index (χ3v) is 3.56. The lowest BCUT2D eigenvalue weighted by atomic mass is 10.1. The lowest BCUT2D eigenvalue weighted by Crippen LogP contribution is -2.06. The average molecular weight is 362 g/mol. The number of carbonyl (C=O) groups is 1. The van der Waals surface area contributed by atoms with Crippen molar-refractivity contribution in [2.24, 2.45) is 0 Å². The fraction of sp³-hybridized carbons (Fsp3) is 0.167. The number of halogens is 2. The molecule has 0 aliphatic heterocycles. The molecule has 0 aliphatic rings. The maximum absolute atomic E-state index is 11.6. The summed E-state index contributed by atoms with van der Waals surface area (Å²) in [6, 6.07) is 5.67. The molecule has 0 amide bonds. The highest BCUT2D eigenvalue weighted by molar-refractivity contribution is 14.1. The first-order valence-corrected chi connectivity index (χ1v) is 6.50. The normalized spacial score (nSPS) is 10.5. The molecule has 0 saturated carbocycles. The molecule has 0 aliphatic carbocycles. The topological polar surface area (TPSA) is 39.2 Å². The highest BCUT2D eigenvalue weighted by Gasteiger charge is 2.15. The summed E-state index contributed by atoms with van der Waals surface area (Å²) in [4.78, 5) is 15.9. The van der Waals surface area contributed by atoms with Gasteiger partial charge in [-0.2, -0.15) is 0 Å². The van der Waals surface area contributed by atoms with Crippen LogP contribution in [0.15, 0.2) is 24.4 Å². The minimum atomic E-state index is -0.439. The molecular weight excluding hydrogens is 352 g/mol. The highest BCUT2D eigenvalue weighted by atomic mass is 127. The SMILES string of the molecule is CCOC(=O)c1cnc2c(I)cccc2c1Cl. The number of benzene rings is 1. The van der Waals surface area contributed by atoms with Crippen molar-refractivity contribution in [3.63, 3.8) is 0 Å². The van der Waals surface area contributed by atoms with Gasteiger partial charge < -0.3 is 4.74 Å². The van der Waals surface area contributed by atoms with Gasteiger partial charge in [0.15, 0.2) is 0 Å². The van der Waals surface area contributed by atoms with Crippen LogP contribution in [0.1, 0.15) is 17.3 Å². The fourth-order valence-corrected chi connectivity index (χ4v) is 2.42. The Labute approximate surface area is 117 Å². The third-order valence-electron chi connectivity index (χ3n) is 2.28. The van der Waals surface area contributed by atoms with E-state index in [1.54, 1.807) is 6.92 Å². The summed E-state index contributed by atoms with van der Waals surface area (Å²) < 4.78 is 5.92. The molecule has 0 atom stereocenters. The molecular formula is C12H9ClINO2. The van der Waals surface area contributed by atoms with Gasteiger partial charge in [0.25, 0.3) is 0 Å². The van der Waals surface area contributed by atoms with Gasteiger partial charge in [0.2, 0.25) is 0 Å². The van der Waals surface area contributed by atoms with Crippen LogP contribution < -0.4 is 0 Å². The van der Waals surface area contributed by atoms with Gasteiger partial charge in [-0.25, -0.2) is 4.79 Å². The Morgan fingerprint density at radius 2 is 2.29 bits per heavy atom. The number of aromatic nitrogens is 1. The zero-order valence-electron chi connectivity index (χ0n) is 9.04. The van der Waals surface area contributed by atoms with E-state index >= 15 is 0 Å². The quantitative estimate of drug-likeness (QED) is 0.605. The fourth-order valence-electron chi connectivity index (χ4n) is 1.51. The maximum Gasteiger partial charge on any atom is 0.341 e. The predicted octanol–water partition coefficient (Wildman–Crippen LogP) is 3.67. The number of hydrogen-bond acceptors (Lipinski definition) is 3. The summed E-state index contributed by atoms with van der Waals surface area (Å²) in [5.74, 6) is -0.439. The van der Waals surface area contributed by atoms with Crippen molar-refractivity contribution < 1.29 is 9.53 Å². The van der Waals surface area contributed by atoms with Crippen molar-refractivity contribution in [3.05, 3.63) is 38.6 Å². The van der Waals surface area contributed by atoms with Gasteiger partial charge in [0.1, 0.15) is 0 Å². The minimum absolute atomic E-state index is 0.308. The van der Waals surface area contributed by atoms with Gasteiger partial charge in [0, 0.05) is 15.2 Å². The van der Waals surface area contributed by atoms with Crippen LogP contribution in [0.3, 0.4) is 0 Å². The molecule has 2 aromatic rings. The molecule has 0 bridgehead atoms. The van der Waals surface area contributed by atoms with Crippen molar-refractivity contribution in [3.8, 4) is 0 Å². The summed E-state index contributed by atoms with van der Waals surface area (Å²) in [5.41, 5.74) is 1.11. The van der Waals surface area contributed by atoms with Crippen LogP contribution in [-0.2, 0) is 4.74 Å². The van der Waals surface area contributed by atoms with Gasteiger partial charge in [-0.1, -0.05) is 23.7 Å². The van der Waals surface area contributed by atoms with Crippen LogP contribution in [-0.4, -0.2) is 17.6 Å². The smallest absolute Gasteiger partial charge is 0.341 e. The average Bonchev–Trinajstić information content (AvgIpc) is 2.31. The lowest BCUT2D eigenvalue weighted by Gasteiger charge is -2.07. The molecule has 17 heavy (non-hydrogen) atoms. The zero-order valence-corrected chi connectivity index (χ0v) is 11.9. The monoisotopic (exact) mass is 361 g/mol. The van der Waals surface area contributed by atoms with Gasteiger partial charge in [0.05, 0.1) is 22.7 Å². The molecule has 0 N–H and O–H groups in total. The second-order valence-electron chi connectivity index (χ2n) is 3.34. The van der Waals surface area contributed by atoms with Crippen LogP contribution in [0.2, 0.25) is 5.02 Å². The van der Waals surface area contributed by atoms with Crippen molar-refractivity contribution in [1.29, 1.82) is 0 Å². The first-order chi connectivity index (χ1) is 8.15. The van der Waals surface area contributed by atoms with E-state index < -0.39 is 5.97 Å². The molecule has 1 aromatic carbocycles. The largest absolute Gasteiger partial charge is 0.462 e. The number of ether oxygens (including phenoxy) is 1. The first-order valence-electron chi connectivity index (χ1n) is 5.05. The number of para-hydroxylation sites is 1. The highest BCUT2D eigenvalue weighted by Crippen LogP contribution is 2.28. The van der Waals surface area contributed by atoms with Gasteiger partial charge in [-0.15, -0.1) is 0 Å². The molecule has 2 rings (SSSR count). The molecule has 0 fully saturated rings. The number of nitrogens with zero attached hydrogens (tertiary/aromatic N) is 1. The van der Waals surface area contributed by atoms with Gasteiger partial charge in [-0.05, 0) is 35.6 Å².